The second-order valence-electron chi connectivity index (χ2n) is 2.74. The van der Waals surface area contributed by atoms with Gasteiger partial charge in [0.2, 0.25) is 5.91 Å². The summed E-state index contributed by atoms with van der Waals surface area (Å²) in [6.45, 7) is 1.17. The van der Waals surface area contributed by atoms with Crippen LogP contribution >= 0.6 is 0 Å². The molecule has 0 heterocycles. The second-order valence-corrected chi connectivity index (χ2v) is 2.74. The monoisotopic (exact) mass is 213 g/mol. The van der Waals surface area contributed by atoms with Crippen LogP contribution in [0.1, 0.15) is 19.8 Å². The second kappa shape index (κ2) is 4.83. The number of rotatable bonds is 4. The number of hydrogen-bond donors (Lipinski definition) is 2. The number of carbonyl (C=O) groups is 2. The highest BCUT2D eigenvalue weighted by atomic mass is 19.4. The normalized spacial score (nSPS) is 13.4. The Labute approximate surface area is 78.1 Å². The summed E-state index contributed by atoms with van der Waals surface area (Å²) in [6.07, 6.45) is -6.39. The summed E-state index contributed by atoms with van der Waals surface area (Å²) in [7, 11) is 0. The lowest BCUT2D eigenvalue weighted by molar-refractivity contribution is -0.146. The first-order valence-corrected chi connectivity index (χ1v) is 3.81. The highest BCUT2D eigenvalue weighted by Gasteiger charge is 2.28. The summed E-state index contributed by atoms with van der Waals surface area (Å²) >= 11 is 0. The Bertz CT molecular complexity index is 227. The number of halogens is 3. The Morgan fingerprint density at radius 1 is 1.43 bits per heavy atom. The van der Waals surface area contributed by atoms with E-state index in [-0.39, 0.29) is 0 Å². The molecule has 7 heteroatoms. The number of amides is 1. The average Bonchev–Trinajstić information content (AvgIpc) is 1.99. The Hall–Kier alpha value is -1.27. The van der Waals surface area contributed by atoms with Gasteiger partial charge < -0.3 is 10.4 Å². The van der Waals surface area contributed by atoms with Crippen LogP contribution in [-0.2, 0) is 9.59 Å². The minimum atomic E-state index is -4.40. The van der Waals surface area contributed by atoms with Crippen LogP contribution in [0.4, 0.5) is 13.2 Å². The molecule has 0 radical (unpaired) electrons. The molecule has 2 N–H and O–H groups in total. The van der Waals surface area contributed by atoms with E-state index in [9.17, 15) is 22.8 Å². The highest BCUT2D eigenvalue weighted by Crippen LogP contribution is 2.20. The van der Waals surface area contributed by atoms with Gasteiger partial charge in [0.25, 0.3) is 0 Å². The van der Waals surface area contributed by atoms with Crippen LogP contribution in [-0.4, -0.2) is 29.2 Å². The quantitative estimate of drug-likeness (QED) is 0.729. The standard InChI is InChI=1S/C7H10F3NO3/c1-4(6(13)14)11-5(12)2-3-7(8,9)10/h4H,2-3H2,1H3,(H,11,12)(H,13,14). The van der Waals surface area contributed by atoms with E-state index in [1.807, 2.05) is 5.32 Å². The van der Waals surface area contributed by atoms with Gasteiger partial charge in [-0.1, -0.05) is 0 Å². The van der Waals surface area contributed by atoms with Crippen LogP contribution in [0.3, 0.4) is 0 Å². The minimum Gasteiger partial charge on any atom is -0.480 e. The van der Waals surface area contributed by atoms with Crippen molar-refractivity contribution in [1.82, 2.24) is 5.32 Å². The van der Waals surface area contributed by atoms with Crippen LogP contribution < -0.4 is 5.32 Å². The van der Waals surface area contributed by atoms with Crippen molar-refractivity contribution in [2.45, 2.75) is 32.0 Å². The van der Waals surface area contributed by atoms with Crippen molar-refractivity contribution in [2.75, 3.05) is 0 Å². The fourth-order valence-electron chi connectivity index (χ4n) is 0.631. The third kappa shape index (κ3) is 6.27. The molecule has 0 bridgehead atoms. The molecule has 82 valence electrons. The van der Waals surface area contributed by atoms with Gasteiger partial charge in [-0.25, -0.2) is 0 Å². The van der Waals surface area contributed by atoms with Crippen LogP contribution in [0.15, 0.2) is 0 Å². The molecule has 0 aromatic carbocycles. The third-order valence-corrected chi connectivity index (χ3v) is 1.38. The molecule has 0 spiro atoms. The molecular weight excluding hydrogens is 203 g/mol. The van der Waals surface area contributed by atoms with Crippen molar-refractivity contribution in [3.05, 3.63) is 0 Å². The number of alkyl halides is 3. The van der Waals surface area contributed by atoms with Gasteiger partial charge in [0.05, 0.1) is 6.42 Å². The van der Waals surface area contributed by atoms with E-state index in [1.54, 1.807) is 0 Å². The van der Waals surface area contributed by atoms with Gasteiger partial charge in [0.15, 0.2) is 0 Å². The third-order valence-electron chi connectivity index (χ3n) is 1.38. The van der Waals surface area contributed by atoms with Crippen molar-refractivity contribution in [2.24, 2.45) is 0 Å². The van der Waals surface area contributed by atoms with Crippen molar-refractivity contribution in [3.8, 4) is 0 Å². The maximum absolute atomic E-state index is 11.6. The van der Waals surface area contributed by atoms with E-state index in [4.69, 9.17) is 5.11 Å². The predicted octanol–water partition coefficient (Wildman–Crippen LogP) is 0.918. The summed E-state index contributed by atoms with van der Waals surface area (Å²) < 4.78 is 34.8. The summed E-state index contributed by atoms with van der Waals surface area (Å²) in [4.78, 5) is 20.9. The van der Waals surface area contributed by atoms with Crippen molar-refractivity contribution >= 4 is 11.9 Å². The van der Waals surface area contributed by atoms with Gasteiger partial charge >= 0.3 is 12.1 Å². The first-order valence-electron chi connectivity index (χ1n) is 3.81. The number of carboxylic acids is 1. The van der Waals surface area contributed by atoms with Crippen molar-refractivity contribution in [1.29, 1.82) is 0 Å². The van der Waals surface area contributed by atoms with Gasteiger partial charge in [-0.3, -0.25) is 9.59 Å². The van der Waals surface area contributed by atoms with Crippen molar-refractivity contribution in [3.63, 3.8) is 0 Å². The molecule has 14 heavy (non-hydrogen) atoms. The van der Waals surface area contributed by atoms with Gasteiger partial charge in [-0.05, 0) is 6.92 Å². The van der Waals surface area contributed by atoms with E-state index >= 15 is 0 Å². The van der Waals surface area contributed by atoms with Crippen LogP contribution in [0, 0.1) is 0 Å². The number of nitrogens with one attached hydrogen (secondary N) is 1. The largest absolute Gasteiger partial charge is 0.480 e. The minimum absolute atomic E-state index is 0.749. The Morgan fingerprint density at radius 2 is 1.93 bits per heavy atom. The van der Waals surface area contributed by atoms with Gasteiger partial charge in [0.1, 0.15) is 6.04 Å². The van der Waals surface area contributed by atoms with Gasteiger partial charge in [0, 0.05) is 6.42 Å². The first kappa shape index (κ1) is 12.7. The number of carbonyl (C=O) groups excluding carboxylic acids is 1. The molecule has 0 aliphatic heterocycles. The molecule has 0 aliphatic rings. The fourth-order valence-corrected chi connectivity index (χ4v) is 0.631. The molecular formula is C7H10F3NO3. The number of carboxylic acid groups (broad SMARTS) is 1. The van der Waals surface area contributed by atoms with Crippen molar-refractivity contribution < 1.29 is 27.9 Å². The van der Waals surface area contributed by atoms with Crippen LogP contribution in [0.2, 0.25) is 0 Å². The molecule has 4 nitrogen and oxygen atoms in total. The molecule has 0 aliphatic carbocycles. The molecule has 0 saturated carbocycles. The molecule has 0 rings (SSSR count). The smallest absolute Gasteiger partial charge is 0.389 e. The highest BCUT2D eigenvalue weighted by molar-refractivity contribution is 5.83. The Balaban J connectivity index is 3.83. The lowest BCUT2D eigenvalue weighted by Gasteiger charge is -2.09. The predicted molar refractivity (Wildman–Crippen MR) is 40.5 cm³/mol. The SMILES string of the molecule is CC(NC(=O)CCC(F)(F)F)C(=O)O. The lowest BCUT2D eigenvalue weighted by atomic mass is 10.2. The lowest BCUT2D eigenvalue weighted by Crippen LogP contribution is -2.38. The van der Waals surface area contributed by atoms with E-state index in [2.05, 4.69) is 0 Å². The Morgan fingerprint density at radius 3 is 2.29 bits per heavy atom. The number of aliphatic carboxylic acids is 1. The summed E-state index contributed by atoms with van der Waals surface area (Å²) in [5, 5.41) is 10.2. The first-order chi connectivity index (χ1) is 6.22. The van der Waals surface area contributed by atoms with E-state index in [1.165, 1.54) is 6.92 Å². The molecule has 1 amide bonds. The topological polar surface area (TPSA) is 66.4 Å². The van der Waals surface area contributed by atoms with E-state index < -0.39 is 36.9 Å². The fraction of sp³-hybridized carbons (Fsp3) is 0.714. The zero-order chi connectivity index (χ0) is 11.4. The molecule has 0 saturated heterocycles. The van der Waals surface area contributed by atoms with E-state index in [0.717, 1.165) is 0 Å². The van der Waals surface area contributed by atoms with Crippen LogP contribution in [0.25, 0.3) is 0 Å². The molecule has 1 unspecified atom stereocenters. The molecule has 0 fully saturated rings. The summed E-state index contributed by atoms with van der Waals surface area (Å²) in [5.74, 6) is -2.21. The maximum Gasteiger partial charge on any atom is 0.389 e. The molecule has 0 aromatic rings. The molecule has 1 atom stereocenters. The Kier molecular flexibility index (Phi) is 4.39. The molecule has 0 aromatic heterocycles. The van der Waals surface area contributed by atoms with Gasteiger partial charge in [-0.2, -0.15) is 13.2 Å². The summed E-state index contributed by atoms with van der Waals surface area (Å²) in [6, 6.07) is -1.17. The zero-order valence-electron chi connectivity index (χ0n) is 7.39. The van der Waals surface area contributed by atoms with Gasteiger partial charge in [-0.15, -0.1) is 0 Å². The average molecular weight is 213 g/mol. The maximum atomic E-state index is 11.6. The number of hydrogen-bond acceptors (Lipinski definition) is 2. The summed E-state index contributed by atoms with van der Waals surface area (Å²) in [5.41, 5.74) is 0. The van der Waals surface area contributed by atoms with E-state index in [0.29, 0.717) is 0 Å². The van der Waals surface area contributed by atoms with Crippen LogP contribution in [0.5, 0.6) is 0 Å². The zero-order valence-corrected chi connectivity index (χ0v) is 7.39.